The van der Waals surface area contributed by atoms with E-state index in [1.807, 2.05) is 0 Å². The predicted octanol–water partition coefficient (Wildman–Crippen LogP) is 0.118. The lowest BCUT2D eigenvalue weighted by molar-refractivity contribution is 0.0674. The number of aliphatic imine (C=N–C) groups is 1. The van der Waals surface area contributed by atoms with Crippen LogP contribution in [-0.2, 0) is 4.74 Å². The van der Waals surface area contributed by atoms with Crippen molar-refractivity contribution in [2.45, 2.75) is 25.3 Å². The van der Waals surface area contributed by atoms with Crippen molar-refractivity contribution < 1.29 is 4.74 Å². The fraction of sp³-hybridized carbons (Fsp3) is 0.923. The zero-order valence-corrected chi connectivity index (χ0v) is 11.1. The van der Waals surface area contributed by atoms with Gasteiger partial charge in [-0.15, -0.1) is 0 Å². The first kappa shape index (κ1) is 12.2. The lowest BCUT2D eigenvalue weighted by Gasteiger charge is -2.27. The van der Waals surface area contributed by atoms with Crippen LogP contribution in [-0.4, -0.2) is 67.7 Å². The van der Waals surface area contributed by atoms with Crippen LogP contribution in [0.15, 0.2) is 4.99 Å². The van der Waals surface area contributed by atoms with Gasteiger partial charge in [-0.05, 0) is 31.7 Å². The minimum atomic E-state index is 0.711. The van der Waals surface area contributed by atoms with E-state index in [4.69, 9.17) is 10.5 Å². The Bertz CT molecular complexity index is 310. The lowest BCUT2D eigenvalue weighted by Crippen LogP contribution is -2.45. The van der Waals surface area contributed by atoms with Crippen molar-refractivity contribution in [2.75, 3.05) is 45.9 Å². The molecule has 3 rings (SSSR count). The topological polar surface area (TPSA) is 54.1 Å². The summed E-state index contributed by atoms with van der Waals surface area (Å²) in [4.78, 5) is 9.35. The molecule has 1 aliphatic carbocycles. The summed E-state index contributed by atoms with van der Waals surface area (Å²) in [5.74, 6) is 1.42. The summed E-state index contributed by atoms with van der Waals surface area (Å²) in [6.07, 6.45) is 4.11. The summed E-state index contributed by atoms with van der Waals surface area (Å²) in [5.41, 5.74) is 6.04. The molecule has 5 heteroatoms. The average molecular weight is 252 g/mol. The second-order valence-electron chi connectivity index (χ2n) is 5.68. The lowest BCUT2D eigenvalue weighted by atomic mass is 10.1. The van der Waals surface area contributed by atoms with Gasteiger partial charge in [0, 0.05) is 32.2 Å². The molecule has 3 fully saturated rings. The molecule has 0 aromatic carbocycles. The number of ether oxygens (including phenoxy) is 1. The number of hydrogen-bond donors (Lipinski definition) is 1. The number of guanidine groups is 1. The molecule has 0 radical (unpaired) electrons. The normalized spacial score (nSPS) is 31.0. The fourth-order valence-corrected chi connectivity index (χ4v) is 2.90. The third-order valence-corrected chi connectivity index (χ3v) is 4.23. The summed E-state index contributed by atoms with van der Waals surface area (Å²) < 4.78 is 5.32. The van der Waals surface area contributed by atoms with Crippen LogP contribution in [0.4, 0.5) is 0 Å². The molecule has 2 aliphatic heterocycles. The number of rotatable bonds is 3. The zero-order chi connectivity index (χ0) is 12.4. The molecule has 0 aromatic heterocycles. The van der Waals surface area contributed by atoms with E-state index >= 15 is 0 Å². The van der Waals surface area contributed by atoms with Gasteiger partial charge < -0.3 is 20.3 Å². The van der Waals surface area contributed by atoms with E-state index in [-0.39, 0.29) is 0 Å². The predicted molar refractivity (Wildman–Crippen MR) is 71.6 cm³/mol. The molecule has 0 aromatic rings. The minimum Gasteiger partial charge on any atom is -0.378 e. The third kappa shape index (κ3) is 2.95. The molecule has 5 nitrogen and oxygen atoms in total. The highest BCUT2D eigenvalue weighted by Gasteiger charge is 2.34. The van der Waals surface area contributed by atoms with Crippen LogP contribution in [0.5, 0.6) is 0 Å². The van der Waals surface area contributed by atoms with Crippen molar-refractivity contribution in [3.05, 3.63) is 0 Å². The Morgan fingerprint density at radius 1 is 1.17 bits per heavy atom. The standard InChI is InChI=1S/C13H24N4O/c14-13(16-5-7-18-8-6-16)15-9-11-3-4-17(10-11)12-1-2-12/h11-12H,1-10H2,(H2,14,15). The summed E-state index contributed by atoms with van der Waals surface area (Å²) >= 11 is 0. The van der Waals surface area contributed by atoms with Crippen LogP contribution in [0, 0.1) is 5.92 Å². The van der Waals surface area contributed by atoms with Crippen LogP contribution in [0.25, 0.3) is 0 Å². The van der Waals surface area contributed by atoms with Crippen molar-refractivity contribution in [2.24, 2.45) is 16.6 Å². The Kier molecular flexibility index (Phi) is 3.70. The van der Waals surface area contributed by atoms with Gasteiger partial charge in [0.05, 0.1) is 13.2 Å². The van der Waals surface area contributed by atoms with Crippen LogP contribution in [0.1, 0.15) is 19.3 Å². The Labute approximate surface area is 109 Å². The van der Waals surface area contributed by atoms with Gasteiger partial charge in [0.15, 0.2) is 5.96 Å². The highest BCUT2D eigenvalue weighted by Crippen LogP contribution is 2.31. The molecule has 1 unspecified atom stereocenters. The number of morpholine rings is 1. The Hall–Kier alpha value is -0.810. The van der Waals surface area contributed by atoms with Crippen LogP contribution in [0.3, 0.4) is 0 Å². The maximum absolute atomic E-state index is 6.04. The first-order chi connectivity index (χ1) is 8.83. The van der Waals surface area contributed by atoms with Crippen molar-refractivity contribution in [3.63, 3.8) is 0 Å². The number of hydrogen-bond acceptors (Lipinski definition) is 3. The summed E-state index contributed by atoms with van der Waals surface area (Å²) in [7, 11) is 0. The summed E-state index contributed by atoms with van der Waals surface area (Å²) in [6.45, 7) is 6.70. The summed E-state index contributed by atoms with van der Waals surface area (Å²) in [6, 6.07) is 0.899. The van der Waals surface area contributed by atoms with Crippen molar-refractivity contribution in [1.82, 2.24) is 9.80 Å². The second-order valence-corrected chi connectivity index (χ2v) is 5.68. The van der Waals surface area contributed by atoms with Crippen LogP contribution in [0.2, 0.25) is 0 Å². The molecule has 2 saturated heterocycles. The molecule has 3 aliphatic rings. The van der Waals surface area contributed by atoms with E-state index in [1.165, 1.54) is 32.4 Å². The quantitative estimate of drug-likeness (QED) is 0.572. The van der Waals surface area contributed by atoms with E-state index < -0.39 is 0 Å². The van der Waals surface area contributed by atoms with E-state index in [2.05, 4.69) is 14.8 Å². The molecule has 102 valence electrons. The van der Waals surface area contributed by atoms with Gasteiger partial charge in [0.2, 0.25) is 0 Å². The molecular formula is C13H24N4O. The molecule has 18 heavy (non-hydrogen) atoms. The largest absolute Gasteiger partial charge is 0.378 e. The second kappa shape index (κ2) is 5.45. The number of nitrogens with two attached hydrogens (primary N) is 1. The smallest absolute Gasteiger partial charge is 0.191 e. The monoisotopic (exact) mass is 252 g/mol. The van der Waals surface area contributed by atoms with Crippen molar-refractivity contribution >= 4 is 5.96 Å². The van der Waals surface area contributed by atoms with Gasteiger partial charge >= 0.3 is 0 Å². The molecule has 1 atom stereocenters. The van der Waals surface area contributed by atoms with Gasteiger partial charge in [0.1, 0.15) is 0 Å². The van der Waals surface area contributed by atoms with E-state index in [9.17, 15) is 0 Å². The van der Waals surface area contributed by atoms with E-state index in [0.717, 1.165) is 38.9 Å². The SMILES string of the molecule is NC(=NCC1CCN(C2CC2)C1)N1CCOCC1. The minimum absolute atomic E-state index is 0.711. The number of likely N-dealkylation sites (tertiary alicyclic amines) is 1. The molecule has 2 N–H and O–H groups in total. The van der Waals surface area contributed by atoms with Crippen LogP contribution >= 0.6 is 0 Å². The van der Waals surface area contributed by atoms with Gasteiger partial charge in [0.25, 0.3) is 0 Å². The Morgan fingerprint density at radius 2 is 1.94 bits per heavy atom. The Morgan fingerprint density at radius 3 is 2.67 bits per heavy atom. The summed E-state index contributed by atoms with van der Waals surface area (Å²) in [5, 5.41) is 0. The fourth-order valence-electron chi connectivity index (χ4n) is 2.90. The van der Waals surface area contributed by atoms with Crippen molar-refractivity contribution in [1.29, 1.82) is 0 Å². The molecule has 0 amide bonds. The average Bonchev–Trinajstić information content (AvgIpc) is 3.16. The maximum atomic E-state index is 6.04. The van der Waals surface area contributed by atoms with Gasteiger partial charge in [-0.1, -0.05) is 0 Å². The highest BCUT2D eigenvalue weighted by atomic mass is 16.5. The number of nitrogens with zero attached hydrogens (tertiary/aromatic N) is 3. The first-order valence-corrected chi connectivity index (χ1v) is 7.19. The zero-order valence-electron chi connectivity index (χ0n) is 11.1. The molecule has 0 spiro atoms. The molecular weight excluding hydrogens is 228 g/mol. The third-order valence-electron chi connectivity index (χ3n) is 4.23. The van der Waals surface area contributed by atoms with Crippen molar-refractivity contribution in [3.8, 4) is 0 Å². The Balaban J connectivity index is 1.44. The molecule has 0 bridgehead atoms. The van der Waals surface area contributed by atoms with E-state index in [0.29, 0.717) is 11.9 Å². The van der Waals surface area contributed by atoms with Crippen LogP contribution < -0.4 is 5.73 Å². The maximum Gasteiger partial charge on any atom is 0.191 e. The molecule has 1 saturated carbocycles. The van der Waals surface area contributed by atoms with Gasteiger partial charge in [-0.25, -0.2) is 0 Å². The first-order valence-electron chi connectivity index (χ1n) is 7.19. The molecule has 2 heterocycles. The van der Waals surface area contributed by atoms with Gasteiger partial charge in [-0.3, -0.25) is 4.99 Å². The highest BCUT2D eigenvalue weighted by molar-refractivity contribution is 5.78. The van der Waals surface area contributed by atoms with Gasteiger partial charge in [-0.2, -0.15) is 0 Å². The van der Waals surface area contributed by atoms with E-state index in [1.54, 1.807) is 0 Å².